The van der Waals surface area contributed by atoms with Crippen molar-refractivity contribution in [1.29, 1.82) is 0 Å². The molecule has 1 saturated carbocycles. The number of allylic oxidation sites excluding steroid dienone is 2. The summed E-state index contributed by atoms with van der Waals surface area (Å²) in [6.07, 6.45) is 8.11. The summed E-state index contributed by atoms with van der Waals surface area (Å²) < 4.78 is 0.889. The summed E-state index contributed by atoms with van der Waals surface area (Å²) >= 11 is 2.64. The Kier molecular flexibility index (Phi) is 3.73. The maximum Gasteiger partial charge on any atom is 0.0147 e. The first kappa shape index (κ1) is 12.9. The van der Waals surface area contributed by atoms with E-state index in [1.807, 2.05) is 0 Å². The minimum absolute atomic E-state index is 0.523. The molecule has 0 aromatic rings. The summed E-state index contributed by atoms with van der Waals surface area (Å²) in [4.78, 5) is 0. The first-order valence-electron chi connectivity index (χ1n) is 6.78. The molecule has 1 heteroatoms. The van der Waals surface area contributed by atoms with Crippen LogP contribution >= 0.6 is 22.6 Å². The average molecular weight is 332 g/mol. The molecule has 0 N–H and O–H groups in total. The van der Waals surface area contributed by atoms with Crippen LogP contribution in [0.2, 0.25) is 0 Å². The zero-order valence-corrected chi connectivity index (χ0v) is 13.3. The van der Waals surface area contributed by atoms with Gasteiger partial charge in [0.2, 0.25) is 0 Å². The summed E-state index contributed by atoms with van der Waals surface area (Å²) in [7, 11) is 0. The van der Waals surface area contributed by atoms with Gasteiger partial charge in [0.1, 0.15) is 0 Å². The molecule has 2 unspecified atom stereocenters. The molecule has 92 valence electrons. The maximum absolute atomic E-state index is 2.64. The standard InChI is InChI=1S/C15H25I/c1-10(2)14-6-5-12-9-13(16)7-8-15(12,4)11(14)3/h5,10-11,13-14H,6-9H2,1-4H3/t11?,13-,14?,15+/m0/s1. The van der Waals surface area contributed by atoms with Gasteiger partial charge < -0.3 is 0 Å². The monoisotopic (exact) mass is 332 g/mol. The van der Waals surface area contributed by atoms with Gasteiger partial charge in [-0.1, -0.05) is 61.9 Å². The van der Waals surface area contributed by atoms with Crippen LogP contribution in [0.15, 0.2) is 11.6 Å². The predicted molar refractivity (Wildman–Crippen MR) is 80.0 cm³/mol. The summed E-state index contributed by atoms with van der Waals surface area (Å²) in [5.41, 5.74) is 2.30. The Bertz CT molecular complexity index is 292. The van der Waals surface area contributed by atoms with Crippen molar-refractivity contribution in [2.24, 2.45) is 23.2 Å². The highest BCUT2D eigenvalue weighted by atomic mass is 127. The fourth-order valence-electron chi connectivity index (χ4n) is 3.83. The summed E-state index contributed by atoms with van der Waals surface area (Å²) in [5.74, 6) is 2.61. The van der Waals surface area contributed by atoms with Crippen LogP contribution in [0.4, 0.5) is 0 Å². The molecule has 0 aromatic carbocycles. The van der Waals surface area contributed by atoms with Gasteiger partial charge in [0, 0.05) is 3.92 Å². The molecule has 2 rings (SSSR count). The zero-order valence-electron chi connectivity index (χ0n) is 11.1. The Morgan fingerprint density at radius 1 is 1.44 bits per heavy atom. The van der Waals surface area contributed by atoms with Crippen LogP contribution in [0.25, 0.3) is 0 Å². The van der Waals surface area contributed by atoms with E-state index in [0.29, 0.717) is 5.41 Å². The van der Waals surface area contributed by atoms with E-state index in [2.05, 4.69) is 56.4 Å². The summed E-state index contributed by atoms with van der Waals surface area (Å²) in [6.45, 7) is 9.83. The predicted octanol–water partition coefficient (Wildman–Crippen LogP) is 5.22. The number of halogens is 1. The van der Waals surface area contributed by atoms with Gasteiger partial charge >= 0.3 is 0 Å². The number of hydrogen-bond donors (Lipinski definition) is 0. The SMILES string of the molecule is CC(C)C1CC=C2C[C@@H](I)CC[C@]2(C)C1C. The molecule has 0 radical (unpaired) electrons. The molecule has 4 atom stereocenters. The van der Waals surface area contributed by atoms with Crippen molar-refractivity contribution < 1.29 is 0 Å². The van der Waals surface area contributed by atoms with Crippen LogP contribution in [0.3, 0.4) is 0 Å². The third-order valence-electron chi connectivity index (χ3n) is 5.29. The van der Waals surface area contributed by atoms with Crippen LogP contribution in [0, 0.1) is 23.2 Å². The van der Waals surface area contributed by atoms with Crippen molar-refractivity contribution in [3.8, 4) is 0 Å². The third kappa shape index (κ3) is 2.09. The Morgan fingerprint density at radius 3 is 2.75 bits per heavy atom. The second-order valence-electron chi connectivity index (χ2n) is 6.42. The van der Waals surface area contributed by atoms with Gasteiger partial charge in [0.05, 0.1) is 0 Å². The summed E-state index contributed by atoms with van der Waals surface area (Å²) in [6, 6.07) is 0. The second kappa shape index (κ2) is 4.62. The fourth-order valence-corrected chi connectivity index (χ4v) is 4.62. The lowest BCUT2D eigenvalue weighted by atomic mass is 9.56. The molecule has 16 heavy (non-hydrogen) atoms. The smallest absolute Gasteiger partial charge is 0.0147 e. The highest BCUT2D eigenvalue weighted by molar-refractivity contribution is 14.1. The highest BCUT2D eigenvalue weighted by Gasteiger charge is 2.44. The van der Waals surface area contributed by atoms with Gasteiger partial charge in [0.15, 0.2) is 0 Å². The van der Waals surface area contributed by atoms with E-state index < -0.39 is 0 Å². The molecule has 0 bridgehead atoms. The molecule has 0 amide bonds. The normalized spacial score (nSPS) is 44.1. The Morgan fingerprint density at radius 2 is 2.12 bits per heavy atom. The van der Waals surface area contributed by atoms with Gasteiger partial charge in [-0.2, -0.15) is 0 Å². The van der Waals surface area contributed by atoms with Crippen LogP contribution in [-0.4, -0.2) is 3.92 Å². The largest absolute Gasteiger partial charge is 0.0844 e. The molecule has 0 saturated heterocycles. The lowest BCUT2D eigenvalue weighted by molar-refractivity contribution is 0.0988. The van der Waals surface area contributed by atoms with Gasteiger partial charge in [-0.05, 0) is 48.9 Å². The average Bonchev–Trinajstić information content (AvgIpc) is 2.21. The van der Waals surface area contributed by atoms with E-state index in [-0.39, 0.29) is 0 Å². The van der Waals surface area contributed by atoms with E-state index in [1.54, 1.807) is 5.57 Å². The maximum atomic E-state index is 2.64. The Hall–Kier alpha value is 0.470. The molecule has 0 spiro atoms. The molecular weight excluding hydrogens is 307 g/mol. The molecule has 0 nitrogen and oxygen atoms in total. The Balaban J connectivity index is 2.26. The molecular formula is C15H25I. The molecule has 0 aromatic heterocycles. The molecule has 0 aliphatic heterocycles. The van der Waals surface area contributed by atoms with Crippen molar-refractivity contribution >= 4 is 22.6 Å². The minimum Gasteiger partial charge on any atom is -0.0844 e. The zero-order chi connectivity index (χ0) is 11.9. The third-order valence-corrected chi connectivity index (χ3v) is 6.36. The van der Waals surface area contributed by atoms with Crippen molar-refractivity contribution in [2.45, 2.75) is 57.3 Å². The Labute approximate surface area is 114 Å². The van der Waals surface area contributed by atoms with Gasteiger partial charge in [0.25, 0.3) is 0 Å². The number of rotatable bonds is 1. The first-order chi connectivity index (χ1) is 7.45. The van der Waals surface area contributed by atoms with E-state index in [0.717, 1.165) is 21.7 Å². The van der Waals surface area contributed by atoms with Crippen molar-refractivity contribution in [3.63, 3.8) is 0 Å². The van der Waals surface area contributed by atoms with E-state index >= 15 is 0 Å². The van der Waals surface area contributed by atoms with Gasteiger partial charge in [-0.3, -0.25) is 0 Å². The lowest BCUT2D eigenvalue weighted by Crippen LogP contribution is -2.41. The minimum atomic E-state index is 0.523. The summed E-state index contributed by atoms with van der Waals surface area (Å²) in [5, 5.41) is 0. The number of fused-ring (bicyclic) bond motifs is 1. The topological polar surface area (TPSA) is 0 Å². The van der Waals surface area contributed by atoms with E-state index in [4.69, 9.17) is 0 Å². The van der Waals surface area contributed by atoms with Crippen molar-refractivity contribution in [3.05, 3.63) is 11.6 Å². The van der Waals surface area contributed by atoms with Crippen LogP contribution in [0.5, 0.6) is 0 Å². The van der Waals surface area contributed by atoms with Gasteiger partial charge in [-0.15, -0.1) is 0 Å². The molecule has 0 heterocycles. The highest BCUT2D eigenvalue weighted by Crippen LogP contribution is 2.54. The quantitative estimate of drug-likeness (QED) is 0.351. The second-order valence-corrected chi connectivity index (χ2v) is 8.18. The van der Waals surface area contributed by atoms with E-state index in [9.17, 15) is 0 Å². The number of alkyl halides is 1. The van der Waals surface area contributed by atoms with Crippen LogP contribution < -0.4 is 0 Å². The molecule has 2 aliphatic rings. The van der Waals surface area contributed by atoms with Crippen molar-refractivity contribution in [1.82, 2.24) is 0 Å². The van der Waals surface area contributed by atoms with Crippen LogP contribution in [0.1, 0.15) is 53.4 Å². The molecule has 1 fully saturated rings. The first-order valence-corrected chi connectivity index (χ1v) is 8.03. The number of hydrogen-bond acceptors (Lipinski definition) is 0. The van der Waals surface area contributed by atoms with E-state index in [1.165, 1.54) is 25.7 Å². The van der Waals surface area contributed by atoms with Gasteiger partial charge in [-0.25, -0.2) is 0 Å². The van der Waals surface area contributed by atoms with Crippen LogP contribution in [-0.2, 0) is 0 Å². The lowest BCUT2D eigenvalue weighted by Gasteiger charge is -2.50. The fraction of sp³-hybridized carbons (Fsp3) is 0.867. The molecule has 2 aliphatic carbocycles. The van der Waals surface area contributed by atoms with Crippen molar-refractivity contribution in [2.75, 3.05) is 0 Å².